The van der Waals surface area contributed by atoms with Crippen LogP contribution in [0, 0.1) is 0 Å². The minimum absolute atomic E-state index is 0.393. The first-order valence-corrected chi connectivity index (χ1v) is 7.38. The zero-order chi connectivity index (χ0) is 16.1. The minimum atomic E-state index is -0.393. The fourth-order valence-corrected chi connectivity index (χ4v) is 2.35. The Hall–Kier alpha value is -2.67. The molecule has 1 aromatic carbocycles. The average Bonchev–Trinajstić information content (AvgIpc) is 2.62. The van der Waals surface area contributed by atoms with Gasteiger partial charge in [0.1, 0.15) is 5.82 Å². The number of benzene rings is 1. The second-order valence-electron chi connectivity index (χ2n) is 5.00. The molecule has 0 radical (unpaired) electrons. The summed E-state index contributed by atoms with van der Waals surface area (Å²) in [5, 5.41) is 3.16. The molecular formula is C16H18N4O3. The van der Waals surface area contributed by atoms with Crippen molar-refractivity contribution >= 4 is 23.4 Å². The van der Waals surface area contributed by atoms with Gasteiger partial charge in [0.2, 0.25) is 5.95 Å². The molecule has 2 aromatic rings. The summed E-state index contributed by atoms with van der Waals surface area (Å²) in [4.78, 5) is 22.7. The fraction of sp³-hybridized carbons (Fsp3) is 0.312. The van der Waals surface area contributed by atoms with Crippen molar-refractivity contribution in [1.82, 2.24) is 9.97 Å². The third-order valence-corrected chi connectivity index (χ3v) is 3.53. The van der Waals surface area contributed by atoms with Crippen LogP contribution in [0.15, 0.2) is 36.5 Å². The van der Waals surface area contributed by atoms with Crippen LogP contribution < -0.4 is 10.2 Å². The van der Waals surface area contributed by atoms with E-state index in [0.717, 1.165) is 13.1 Å². The number of carbonyl (C=O) groups is 1. The van der Waals surface area contributed by atoms with E-state index >= 15 is 0 Å². The zero-order valence-corrected chi connectivity index (χ0v) is 12.9. The molecule has 0 spiro atoms. The van der Waals surface area contributed by atoms with Crippen molar-refractivity contribution in [3.05, 3.63) is 42.1 Å². The Morgan fingerprint density at radius 3 is 2.83 bits per heavy atom. The van der Waals surface area contributed by atoms with Crippen LogP contribution in [0.25, 0.3) is 0 Å². The average molecular weight is 314 g/mol. The normalized spacial score (nSPS) is 14.4. The van der Waals surface area contributed by atoms with E-state index in [4.69, 9.17) is 9.47 Å². The van der Waals surface area contributed by atoms with Gasteiger partial charge in [0.25, 0.3) is 0 Å². The molecule has 1 N–H and O–H groups in total. The van der Waals surface area contributed by atoms with Gasteiger partial charge in [0.15, 0.2) is 0 Å². The van der Waals surface area contributed by atoms with E-state index in [9.17, 15) is 4.79 Å². The first kappa shape index (κ1) is 15.2. The Bertz CT molecular complexity index is 687. The maximum absolute atomic E-state index is 11.8. The highest BCUT2D eigenvalue weighted by Crippen LogP contribution is 2.21. The first-order valence-electron chi connectivity index (χ1n) is 7.38. The van der Waals surface area contributed by atoms with Crippen molar-refractivity contribution < 1.29 is 14.3 Å². The maximum atomic E-state index is 11.8. The van der Waals surface area contributed by atoms with Gasteiger partial charge in [-0.1, -0.05) is 12.1 Å². The molecule has 7 nitrogen and oxygen atoms in total. The van der Waals surface area contributed by atoms with Gasteiger partial charge in [0.05, 0.1) is 31.6 Å². The largest absolute Gasteiger partial charge is 0.465 e. The van der Waals surface area contributed by atoms with E-state index < -0.39 is 5.97 Å². The van der Waals surface area contributed by atoms with Crippen molar-refractivity contribution in [2.75, 3.05) is 43.6 Å². The Labute approximate surface area is 134 Å². The number of carbonyl (C=O) groups excluding carboxylic acids is 1. The number of ether oxygens (including phenoxy) is 2. The number of nitrogens with one attached hydrogen (secondary N) is 1. The van der Waals surface area contributed by atoms with Crippen molar-refractivity contribution in [3.8, 4) is 0 Å². The van der Waals surface area contributed by atoms with Crippen LogP contribution in [0.2, 0.25) is 0 Å². The second-order valence-corrected chi connectivity index (χ2v) is 5.00. The Balaban J connectivity index is 1.82. The molecule has 0 bridgehead atoms. The topological polar surface area (TPSA) is 76.6 Å². The number of nitrogens with zero attached hydrogens (tertiary/aromatic N) is 3. The molecule has 0 aliphatic carbocycles. The number of esters is 1. The first-order chi connectivity index (χ1) is 11.3. The molecule has 120 valence electrons. The molecular weight excluding hydrogens is 296 g/mol. The quantitative estimate of drug-likeness (QED) is 0.863. The summed E-state index contributed by atoms with van der Waals surface area (Å²) in [6.45, 7) is 2.88. The highest BCUT2D eigenvalue weighted by molar-refractivity contribution is 5.96. The van der Waals surface area contributed by atoms with E-state index in [2.05, 4.69) is 20.2 Å². The van der Waals surface area contributed by atoms with Crippen LogP contribution in [0.4, 0.5) is 17.5 Å². The smallest absolute Gasteiger partial charge is 0.339 e. The summed E-state index contributed by atoms with van der Waals surface area (Å²) < 4.78 is 10.1. The van der Waals surface area contributed by atoms with E-state index in [1.54, 1.807) is 24.4 Å². The molecule has 1 aromatic heterocycles. The molecule has 1 aliphatic rings. The third-order valence-electron chi connectivity index (χ3n) is 3.53. The standard InChI is InChI=1S/C16H18N4O3/c1-22-15(21)12-4-2-3-5-13(12)18-14-6-7-17-16(19-14)20-8-10-23-11-9-20/h2-7H,8-11H2,1H3,(H,17,18,19). The van der Waals surface area contributed by atoms with Crippen molar-refractivity contribution in [1.29, 1.82) is 0 Å². The summed E-state index contributed by atoms with van der Waals surface area (Å²) in [5.74, 6) is 0.877. The lowest BCUT2D eigenvalue weighted by Gasteiger charge is -2.26. The highest BCUT2D eigenvalue weighted by Gasteiger charge is 2.15. The van der Waals surface area contributed by atoms with Crippen LogP contribution in [0.1, 0.15) is 10.4 Å². The van der Waals surface area contributed by atoms with Gasteiger partial charge in [-0.3, -0.25) is 0 Å². The van der Waals surface area contributed by atoms with Crippen molar-refractivity contribution in [3.63, 3.8) is 0 Å². The Kier molecular flexibility index (Phi) is 4.68. The summed E-state index contributed by atoms with van der Waals surface area (Å²) >= 11 is 0. The van der Waals surface area contributed by atoms with Crippen LogP contribution in [0.3, 0.4) is 0 Å². The molecule has 1 aliphatic heterocycles. The van der Waals surface area contributed by atoms with Crippen molar-refractivity contribution in [2.45, 2.75) is 0 Å². The molecule has 0 atom stereocenters. The molecule has 2 heterocycles. The lowest BCUT2D eigenvalue weighted by Crippen LogP contribution is -2.37. The summed E-state index contributed by atoms with van der Waals surface area (Å²) in [6, 6.07) is 8.91. The molecule has 0 amide bonds. The van der Waals surface area contributed by atoms with Gasteiger partial charge in [-0.05, 0) is 18.2 Å². The predicted octanol–water partition coefficient (Wildman–Crippen LogP) is 1.84. The lowest BCUT2D eigenvalue weighted by atomic mass is 10.2. The summed E-state index contributed by atoms with van der Waals surface area (Å²) in [6.07, 6.45) is 1.70. The lowest BCUT2D eigenvalue weighted by molar-refractivity contribution is 0.0602. The maximum Gasteiger partial charge on any atom is 0.339 e. The van der Waals surface area contributed by atoms with E-state index in [0.29, 0.717) is 36.2 Å². The zero-order valence-electron chi connectivity index (χ0n) is 12.9. The summed E-state index contributed by atoms with van der Waals surface area (Å²) in [7, 11) is 1.36. The molecule has 3 rings (SSSR count). The molecule has 0 unspecified atom stereocenters. The van der Waals surface area contributed by atoms with Crippen LogP contribution in [-0.2, 0) is 9.47 Å². The number of hydrogen-bond acceptors (Lipinski definition) is 7. The van der Waals surface area contributed by atoms with Gasteiger partial charge in [-0.25, -0.2) is 9.78 Å². The number of methoxy groups -OCH3 is 1. The van der Waals surface area contributed by atoms with Gasteiger partial charge < -0.3 is 19.7 Å². The molecule has 0 saturated carbocycles. The van der Waals surface area contributed by atoms with Gasteiger partial charge in [-0.2, -0.15) is 4.98 Å². The number of morpholine rings is 1. The molecule has 1 saturated heterocycles. The van der Waals surface area contributed by atoms with Crippen molar-refractivity contribution in [2.24, 2.45) is 0 Å². The predicted molar refractivity (Wildman–Crippen MR) is 86.1 cm³/mol. The van der Waals surface area contributed by atoms with E-state index in [1.807, 2.05) is 12.1 Å². The van der Waals surface area contributed by atoms with Crippen LogP contribution >= 0.6 is 0 Å². The number of anilines is 3. The minimum Gasteiger partial charge on any atom is -0.465 e. The fourth-order valence-electron chi connectivity index (χ4n) is 2.35. The van der Waals surface area contributed by atoms with Crippen LogP contribution in [-0.4, -0.2) is 49.4 Å². The third kappa shape index (κ3) is 3.57. The summed E-state index contributed by atoms with van der Waals surface area (Å²) in [5.41, 5.74) is 1.10. The number of aromatic nitrogens is 2. The van der Waals surface area contributed by atoms with E-state index in [-0.39, 0.29) is 0 Å². The number of rotatable bonds is 4. The van der Waals surface area contributed by atoms with Gasteiger partial charge in [0, 0.05) is 19.3 Å². The highest BCUT2D eigenvalue weighted by atomic mass is 16.5. The second kappa shape index (κ2) is 7.06. The molecule has 23 heavy (non-hydrogen) atoms. The Morgan fingerprint density at radius 1 is 1.26 bits per heavy atom. The van der Waals surface area contributed by atoms with E-state index in [1.165, 1.54) is 7.11 Å². The number of para-hydroxylation sites is 1. The van der Waals surface area contributed by atoms with Gasteiger partial charge in [-0.15, -0.1) is 0 Å². The van der Waals surface area contributed by atoms with Gasteiger partial charge >= 0.3 is 5.97 Å². The molecule has 1 fully saturated rings. The molecule has 7 heteroatoms. The monoisotopic (exact) mass is 314 g/mol. The van der Waals surface area contributed by atoms with Crippen LogP contribution in [0.5, 0.6) is 0 Å². The number of hydrogen-bond donors (Lipinski definition) is 1. The Morgan fingerprint density at radius 2 is 2.04 bits per heavy atom. The SMILES string of the molecule is COC(=O)c1ccccc1Nc1ccnc(N2CCOCC2)n1.